The summed E-state index contributed by atoms with van der Waals surface area (Å²) in [6, 6.07) is 10.9. The molecular weight excluding hydrogens is 293 g/mol. The summed E-state index contributed by atoms with van der Waals surface area (Å²) >= 11 is 0. The first-order chi connectivity index (χ1) is 9.97. The Labute approximate surface area is 121 Å². The third-order valence-corrected chi connectivity index (χ3v) is 4.47. The van der Waals surface area contributed by atoms with Crippen LogP contribution >= 0.6 is 0 Å². The molecule has 2 N–H and O–H groups in total. The van der Waals surface area contributed by atoms with Gasteiger partial charge >= 0.3 is 0 Å². The van der Waals surface area contributed by atoms with E-state index in [1.165, 1.54) is 18.5 Å². The van der Waals surface area contributed by atoms with Crippen LogP contribution in [0.15, 0.2) is 51.8 Å². The number of nitrogen functional groups attached to an aromatic ring is 1. The van der Waals surface area contributed by atoms with Crippen LogP contribution < -0.4 is 10.6 Å². The highest BCUT2D eigenvalue weighted by Crippen LogP contribution is 2.30. The number of hydrogen-bond acceptors (Lipinski definition) is 4. The second-order valence-electron chi connectivity index (χ2n) is 4.64. The summed E-state index contributed by atoms with van der Waals surface area (Å²) in [6.45, 7) is 0.169. The predicted molar refractivity (Wildman–Crippen MR) is 79.1 cm³/mol. The molecule has 2 aromatic rings. The second-order valence-corrected chi connectivity index (χ2v) is 6.24. The molecule has 0 amide bonds. The van der Waals surface area contributed by atoms with Gasteiger partial charge in [-0.05, 0) is 24.3 Å². The average molecular weight is 305 g/mol. The summed E-state index contributed by atoms with van der Waals surface area (Å²) in [6.07, 6.45) is 1.20. The molecule has 1 heterocycles. The van der Waals surface area contributed by atoms with Crippen LogP contribution in [-0.4, -0.2) is 14.8 Å². The number of benzene rings is 2. The number of para-hydroxylation sites is 1. The van der Waals surface area contributed by atoms with Crippen LogP contribution in [0.5, 0.6) is 0 Å². The Balaban J connectivity index is 2.01. The van der Waals surface area contributed by atoms with Crippen molar-refractivity contribution < 1.29 is 12.8 Å². The van der Waals surface area contributed by atoms with Gasteiger partial charge in [-0.1, -0.05) is 18.2 Å². The highest BCUT2D eigenvalue weighted by Gasteiger charge is 2.25. The Hall–Kier alpha value is -2.41. The van der Waals surface area contributed by atoms with Crippen molar-refractivity contribution in [3.63, 3.8) is 0 Å². The fourth-order valence-electron chi connectivity index (χ4n) is 2.15. The molecule has 2 aromatic carbocycles. The van der Waals surface area contributed by atoms with Gasteiger partial charge in [-0.15, -0.1) is 4.40 Å². The lowest BCUT2D eigenvalue weighted by atomic mass is 10.1. The van der Waals surface area contributed by atoms with Crippen molar-refractivity contribution in [2.24, 2.45) is 4.40 Å². The molecule has 0 radical (unpaired) electrons. The number of fused-ring (bicyclic) bond motifs is 1. The van der Waals surface area contributed by atoms with Crippen molar-refractivity contribution >= 4 is 27.7 Å². The molecule has 0 saturated carbocycles. The second kappa shape index (κ2) is 4.85. The fraction of sp³-hybridized carbons (Fsp3) is 0.0714. The van der Waals surface area contributed by atoms with Gasteiger partial charge in [0.25, 0.3) is 10.0 Å². The summed E-state index contributed by atoms with van der Waals surface area (Å²) < 4.78 is 41.2. The number of hydrogen-bond donors (Lipinski definition) is 1. The van der Waals surface area contributed by atoms with Gasteiger partial charge in [0.05, 0.1) is 12.2 Å². The van der Waals surface area contributed by atoms with E-state index in [9.17, 15) is 12.8 Å². The van der Waals surface area contributed by atoms with E-state index in [-0.39, 0.29) is 11.4 Å². The number of nitrogens with zero attached hydrogens (tertiary/aromatic N) is 2. The monoisotopic (exact) mass is 305 g/mol. The highest BCUT2D eigenvalue weighted by atomic mass is 32.2. The van der Waals surface area contributed by atoms with Crippen LogP contribution in [0.1, 0.15) is 5.56 Å². The molecule has 0 atom stereocenters. The maximum atomic E-state index is 13.9. The van der Waals surface area contributed by atoms with Gasteiger partial charge in [0.15, 0.2) is 0 Å². The number of sulfonamides is 1. The van der Waals surface area contributed by atoms with Crippen molar-refractivity contribution in [1.29, 1.82) is 0 Å². The van der Waals surface area contributed by atoms with Crippen molar-refractivity contribution in [3.8, 4) is 0 Å². The molecule has 0 spiro atoms. The molecular formula is C14H12FN3O2S. The smallest absolute Gasteiger partial charge is 0.285 e. The van der Waals surface area contributed by atoms with E-state index in [4.69, 9.17) is 5.73 Å². The zero-order valence-electron chi connectivity index (χ0n) is 10.9. The standard InChI is InChI=1S/C14H12FN3O2S/c15-12-7-11(16)6-5-10(12)8-18-9-17-21(19,20)14-4-2-1-3-13(14)18/h1-7,9H,8,16H2. The first kappa shape index (κ1) is 13.6. The van der Waals surface area contributed by atoms with Crippen LogP contribution in [0.3, 0.4) is 0 Å². The minimum atomic E-state index is -3.67. The van der Waals surface area contributed by atoms with Crippen molar-refractivity contribution in [2.75, 3.05) is 10.6 Å². The first-order valence-corrected chi connectivity index (χ1v) is 7.61. The molecule has 0 aromatic heterocycles. The van der Waals surface area contributed by atoms with E-state index in [0.717, 1.165) is 0 Å². The Kier molecular flexibility index (Phi) is 3.13. The Morgan fingerprint density at radius 1 is 1.19 bits per heavy atom. The van der Waals surface area contributed by atoms with E-state index < -0.39 is 15.8 Å². The Bertz CT molecular complexity index is 834. The summed E-state index contributed by atoms with van der Waals surface area (Å²) in [5.41, 5.74) is 6.74. The van der Waals surface area contributed by atoms with Crippen LogP contribution in [0.4, 0.5) is 15.8 Å². The maximum absolute atomic E-state index is 13.9. The SMILES string of the molecule is Nc1ccc(CN2C=NS(=O)(=O)c3ccccc32)c(F)c1. The lowest BCUT2D eigenvalue weighted by molar-refractivity contribution is 0.596. The molecule has 0 unspecified atom stereocenters. The summed E-state index contributed by atoms with van der Waals surface area (Å²) in [7, 11) is -3.67. The molecule has 1 aliphatic rings. The highest BCUT2D eigenvalue weighted by molar-refractivity contribution is 7.90. The lowest BCUT2D eigenvalue weighted by Crippen LogP contribution is -2.27. The summed E-state index contributed by atoms with van der Waals surface area (Å²) in [5.74, 6) is -0.436. The molecule has 0 saturated heterocycles. The van der Waals surface area contributed by atoms with Crippen molar-refractivity contribution in [1.82, 2.24) is 0 Å². The van der Waals surface area contributed by atoms with E-state index >= 15 is 0 Å². The molecule has 21 heavy (non-hydrogen) atoms. The first-order valence-electron chi connectivity index (χ1n) is 6.17. The summed E-state index contributed by atoms with van der Waals surface area (Å²) in [4.78, 5) is 1.70. The summed E-state index contributed by atoms with van der Waals surface area (Å²) in [5, 5.41) is 0. The van der Waals surface area contributed by atoms with Gasteiger partial charge in [0.2, 0.25) is 0 Å². The minimum Gasteiger partial charge on any atom is -0.399 e. The number of nitrogens with two attached hydrogens (primary N) is 1. The molecule has 0 aliphatic carbocycles. The average Bonchev–Trinajstić information content (AvgIpc) is 2.45. The zero-order chi connectivity index (χ0) is 15.0. The minimum absolute atomic E-state index is 0.114. The molecule has 0 bridgehead atoms. The maximum Gasteiger partial charge on any atom is 0.285 e. The quantitative estimate of drug-likeness (QED) is 0.863. The van der Waals surface area contributed by atoms with Gasteiger partial charge in [0.1, 0.15) is 17.1 Å². The van der Waals surface area contributed by atoms with Crippen LogP contribution in [0.25, 0.3) is 0 Å². The number of halogens is 1. The Morgan fingerprint density at radius 2 is 1.95 bits per heavy atom. The molecule has 0 fully saturated rings. The third-order valence-electron chi connectivity index (χ3n) is 3.20. The van der Waals surface area contributed by atoms with E-state index in [1.54, 1.807) is 35.2 Å². The normalized spacial score (nSPS) is 15.8. The van der Waals surface area contributed by atoms with Crippen molar-refractivity contribution in [3.05, 3.63) is 53.8 Å². The largest absolute Gasteiger partial charge is 0.399 e. The van der Waals surface area contributed by atoms with E-state index in [2.05, 4.69) is 4.40 Å². The van der Waals surface area contributed by atoms with Gasteiger partial charge < -0.3 is 10.6 Å². The van der Waals surface area contributed by atoms with Crippen LogP contribution in [0, 0.1) is 5.82 Å². The molecule has 7 heteroatoms. The van der Waals surface area contributed by atoms with Gasteiger partial charge in [-0.2, -0.15) is 8.42 Å². The van der Waals surface area contributed by atoms with Crippen molar-refractivity contribution in [2.45, 2.75) is 11.4 Å². The Morgan fingerprint density at radius 3 is 2.71 bits per heavy atom. The number of rotatable bonds is 2. The zero-order valence-corrected chi connectivity index (χ0v) is 11.7. The third kappa shape index (κ3) is 2.47. The predicted octanol–water partition coefficient (Wildman–Crippen LogP) is 2.15. The molecule has 108 valence electrons. The lowest BCUT2D eigenvalue weighted by Gasteiger charge is -2.25. The van der Waals surface area contributed by atoms with Gasteiger partial charge in [-0.3, -0.25) is 0 Å². The van der Waals surface area contributed by atoms with Crippen LogP contribution in [-0.2, 0) is 16.6 Å². The van der Waals surface area contributed by atoms with E-state index in [0.29, 0.717) is 16.9 Å². The molecule has 3 rings (SSSR count). The topological polar surface area (TPSA) is 75.8 Å². The van der Waals surface area contributed by atoms with Gasteiger partial charge in [-0.25, -0.2) is 4.39 Å². The van der Waals surface area contributed by atoms with Gasteiger partial charge in [0, 0.05) is 11.3 Å². The van der Waals surface area contributed by atoms with Crippen LogP contribution in [0.2, 0.25) is 0 Å². The molecule has 1 aliphatic heterocycles. The molecule has 5 nitrogen and oxygen atoms in total. The van der Waals surface area contributed by atoms with E-state index in [1.807, 2.05) is 0 Å². The fourth-order valence-corrected chi connectivity index (χ4v) is 3.20. The number of anilines is 2.